The molecule has 0 saturated carbocycles. The van der Waals surface area contributed by atoms with Gasteiger partial charge in [0, 0.05) is 18.6 Å². The van der Waals surface area contributed by atoms with E-state index in [9.17, 15) is 19.5 Å². The molecule has 0 aliphatic carbocycles. The molecule has 1 amide bonds. The molecule has 1 N–H and O–H groups in total. The van der Waals surface area contributed by atoms with Crippen LogP contribution in [0.5, 0.6) is 0 Å². The topological polar surface area (TPSA) is 93.1 Å². The van der Waals surface area contributed by atoms with E-state index in [1.165, 1.54) is 77.0 Å². The Kier molecular flexibility index (Phi) is 30.4. The average Bonchev–Trinajstić information content (AvgIpc) is 3.00. The minimum absolute atomic E-state index is 0.0440. The lowest BCUT2D eigenvalue weighted by Gasteiger charge is -2.28. The van der Waals surface area contributed by atoms with Crippen molar-refractivity contribution in [1.29, 1.82) is 0 Å². The molecule has 0 bridgehead atoms. The zero-order valence-electron chi connectivity index (χ0n) is 29.8. The number of ether oxygens (including phenoxy) is 2. The molecular formula is C36H71N2O6S+. The van der Waals surface area contributed by atoms with Gasteiger partial charge in [-0.15, -0.1) is 11.8 Å². The van der Waals surface area contributed by atoms with Crippen molar-refractivity contribution in [3.05, 3.63) is 0 Å². The van der Waals surface area contributed by atoms with E-state index in [4.69, 9.17) is 9.47 Å². The molecule has 0 aromatic rings. The van der Waals surface area contributed by atoms with E-state index < -0.39 is 0 Å². The van der Waals surface area contributed by atoms with Crippen molar-refractivity contribution in [2.24, 2.45) is 0 Å². The van der Waals surface area contributed by atoms with Gasteiger partial charge < -0.3 is 24.0 Å². The highest BCUT2D eigenvalue weighted by Gasteiger charge is 2.18. The summed E-state index contributed by atoms with van der Waals surface area (Å²) < 4.78 is 11.6. The minimum Gasteiger partial charge on any atom is -0.464 e. The standard InChI is InChI=1S/C36H71N2O6S/c1-5-7-9-11-13-15-17-19-21-23-35(41)43-30-25-37(34(40)33-45-32-28-38(3,4)27-29-39)26-31-44-36(42)24-22-20-18-16-14-12-10-8-6-2/h39H,5-33H2,1-4H3/q+1. The second-order valence-electron chi connectivity index (χ2n) is 13.1. The molecule has 0 aromatic carbocycles. The average molecular weight is 660 g/mol. The van der Waals surface area contributed by atoms with Gasteiger partial charge in [-0.2, -0.15) is 0 Å². The summed E-state index contributed by atoms with van der Waals surface area (Å²) in [5.74, 6) is 0.649. The quantitative estimate of drug-likeness (QED) is 0.0442. The van der Waals surface area contributed by atoms with Crippen molar-refractivity contribution in [3.8, 4) is 0 Å². The summed E-state index contributed by atoms with van der Waals surface area (Å²) in [4.78, 5) is 39.2. The number of quaternary nitrogens is 1. The fourth-order valence-electron chi connectivity index (χ4n) is 5.15. The van der Waals surface area contributed by atoms with Crippen LogP contribution in [-0.4, -0.2) is 104 Å². The number of esters is 2. The van der Waals surface area contributed by atoms with Gasteiger partial charge in [-0.05, 0) is 12.8 Å². The van der Waals surface area contributed by atoms with Gasteiger partial charge in [-0.1, -0.05) is 117 Å². The Balaban J connectivity index is 4.40. The summed E-state index contributed by atoms with van der Waals surface area (Å²) in [5.41, 5.74) is 0. The summed E-state index contributed by atoms with van der Waals surface area (Å²) in [6.45, 7) is 7.03. The first-order chi connectivity index (χ1) is 21.8. The molecule has 0 spiro atoms. The fraction of sp³-hybridized carbons (Fsp3) is 0.917. The van der Waals surface area contributed by atoms with Crippen LogP contribution in [0.3, 0.4) is 0 Å². The summed E-state index contributed by atoms with van der Waals surface area (Å²) >= 11 is 1.56. The van der Waals surface area contributed by atoms with Crippen molar-refractivity contribution in [3.63, 3.8) is 0 Å². The normalized spacial score (nSPS) is 11.5. The summed E-state index contributed by atoms with van der Waals surface area (Å²) in [7, 11) is 4.13. The molecule has 45 heavy (non-hydrogen) atoms. The third kappa shape index (κ3) is 29.8. The smallest absolute Gasteiger partial charge is 0.305 e. The van der Waals surface area contributed by atoms with Crippen molar-refractivity contribution < 1.29 is 33.4 Å². The van der Waals surface area contributed by atoms with Gasteiger partial charge in [-0.25, -0.2) is 0 Å². The number of carbonyl (C=O) groups is 3. The molecule has 9 heteroatoms. The highest BCUT2D eigenvalue weighted by Crippen LogP contribution is 2.12. The van der Waals surface area contributed by atoms with Gasteiger partial charge in [0.25, 0.3) is 0 Å². The van der Waals surface area contributed by atoms with Crippen molar-refractivity contribution in [2.75, 3.05) is 71.6 Å². The molecule has 266 valence electrons. The molecule has 0 rings (SSSR count). The first-order valence-corrected chi connectivity index (χ1v) is 19.5. The molecule has 0 unspecified atom stereocenters. The summed E-state index contributed by atoms with van der Waals surface area (Å²) in [5, 5.41) is 9.24. The minimum atomic E-state index is -0.212. The van der Waals surface area contributed by atoms with Crippen molar-refractivity contribution >= 4 is 29.6 Å². The van der Waals surface area contributed by atoms with Gasteiger partial charge in [0.2, 0.25) is 5.91 Å². The molecule has 0 saturated heterocycles. The van der Waals surface area contributed by atoms with Crippen LogP contribution in [-0.2, 0) is 23.9 Å². The Hall–Kier alpha value is -1.32. The zero-order valence-corrected chi connectivity index (χ0v) is 30.6. The van der Waals surface area contributed by atoms with Crippen LogP contribution in [0.15, 0.2) is 0 Å². The van der Waals surface area contributed by atoms with E-state index in [0.29, 0.717) is 42.7 Å². The number of hydrogen-bond acceptors (Lipinski definition) is 7. The number of nitrogens with zero attached hydrogens (tertiary/aromatic N) is 2. The number of rotatable bonds is 33. The van der Waals surface area contributed by atoms with E-state index >= 15 is 0 Å². The van der Waals surface area contributed by atoms with Crippen LogP contribution >= 0.6 is 11.8 Å². The predicted octanol–water partition coefficient (Wildman–Crippen LogP) is 7.55. The molecule has 0 atom stereocenters. The van der Waals surface area contributed by atoms with Gasteiger partial charge in [0.1, 0.15) is 19.8 Å². The zero-order chi connectivity index (χ0) is 33.4. The van der Waals surface area contributed by atoms with E-state index in [0.717, 1.165) is 50.8 Å². The molecule has 0 aliphatic rings. The van der Waals surface area contributed by atoms with E-state index in [1.54, 1.807) is 16.7 Å². The summed E-state index contributed by atoms with van der Waals surface area (Å²) in [6, 6.07) is 0. The Morgan fingerprint density at radius 1 is 0.622 bits per heavy atom. The van der Waals surface area contributed by atoms with E-state index in [2.05, 4.69) is 27.9 Å². The fourth-order valence-corrected chi connectivity index (χ4v) is 6.27. The monoisotopic (exact) mass is 660 g/mol. The maximum absolute atomic E-state index is 13.0. The number of carbonyl (C=O) groups excluding carboxylic acids is 3. The van der Waals surface area contributed by atoms with E-state index in [1.807, 2.05) is 0 Å². The highest BCUT2D eigenvalue weighted by molar-refractivity contribution is 7.99. The molecule has 0 radical (unpaired) electrons. The van der Waals surface area contributed by atoms with Gasteiger partial charge >= 0.3 is 11.9 Å². The first-order valence-electron chi connectivity index (χ1n) is 18.3. The van der Waals surface area contributed by atoms with Crippen LogP contribution < -0.4 is 0 Å². The molecule has 8 nitrogen and oxygen atoms in total. The van der Waals surface area contributed by atoms with E-state index in [-0.39, 0.29) is 37.7 Å². The largest absolute Gasteiger partial charge is 0.464 e. The number of likely N-dealkylation sites (N-methyl/N-ethyl adjacent to an activating group) is 1. The number of aliphatic hydroxyl groups is 1. The number of unbranched alkanes of at least 4 members (excludes halogenated alkanes) is 16. The lowest BCUT2D eigenvalue weighted by molar-refractivity contribution is -0.888. The first kappa shape index (κ1) is 43.7. The number of hydrogen-bond donors (Lipinski definition) is 1. The number of aliphatic hydroxyl groups excluding tert-OH is 1. The van der Waals surface area contributed by atoms with Crippen molar-refractivity contribution in [1.82, 2.24) is 4.90 Å². The third-order valence-electron chi connectivity index (χ3n) is 8.34. The van der Waals surface area contributed by atoms with Crippen LogP contribution in [0.1, 0.15) is 142 Å². The summed E-state index contributed by atoms with van der Waals surface area (Å²) in [6.07, 6.45) is 22.4. The maximum atomic E-state index is 13.0. The molecule has 0 heterocycles. The number of amides is 1. The van der Waals surface area contributed by atoms with Crippen LogP contribution in [0.2, 0.25) is 0 Å². The maximum Gasteiger partial charge on any atom is 0.305 e. The molecule has 0 aromatic heterocycles. The Morgan fingerprint density at radius 2 is 1.02 bits per heavy atom. The second kappa shape index (κ2) is 31.3. The van der Waals surface area contributed by atoms with Crippen LogP contribution in [0.25, 0.3) is 0 Å². The van der Waals surface area contributed by atoms with Gasteiger partial charge in [-0.3, -0.25) is 14.4 Å². The van der Waals surface area contributed by atoms with Crippen LogP contribution in [0, 0.1) is 0 Å². The lowest BCUT2D eigenvalue weighted by atomic mass is 10.1. The van der Waals surface area contributed by atoms with Crippen LogP contribution in [0.4, 0.5) is 0 Å². The number of thioether (sulfide) groups is 1. The van der Waals surface area contributed by atoms with Gasteiger partial charge in [0.15, 0.2) is 0 Å². The SMILES string of the molecule is CCCCCCCCCCCC(=O)OCCN(CCOC(=O)CCCCCCCCCCC)C(=O)CSCC[N+](C)(C)CCO. The second-order valence-corrected chi connectivity index (χ2v) is 14.2. The molecular weight excluding hydrogens is 588 g/mol. The Labute approximate surface area is 281 Å². The lowest BCUT2D eigenvalue weighted by Crippen LogP contribution is -2.44. The highest BCUT2D eigenvalue weighted by atomic mass is 32.2. The molecule has 0 aliphatic heterocycles. The Morgan fingerprint density at radius 3 is 1.42 bits per heavy atom. The van der Waals surface area contributed by atoms with Crippen molar-refractivity contribution in [2.45, 2.75) is 142 Å². The van der Waals surface area contributed by atoms with Gasteiger partial charge in [0.05, 0.1) is 46.1 Å². The molecule has 0 fully saturated rings. The predicted molar refractivity (Wildman–Crippen MR) is 188 cm³/mol. The Bertz CT molecular complexity index is 682. The third-order valence-corrected chi connectivity index (χ3v) is 9.26.